The van der Waals surface area contributed by atoms with Gasteiger partial charge in [-0.2, -0.15) is 0 Å². The predicted octanol–water partition coefficient (Wildman–Crippen LogP) is 4.22. The molecular weight excluding hydrogens is 362 g/mol. The molecule has 2 unspecified atom stereocenters. The van der Waals surface area contributed by atoms with Gasteiger partial charge >= 0.3 is 6.03 Å². The molecule has 1 fully saturated rings. The molecule has 6 heteroatoms. The van der Waals surface area contributed by atoms with E-state index in [0.717, 1.165) is 31.0 Å². The van der Waals surface area contributed by atoms with Crippen molar-refractivity contribution in [3.05, 3.63) is 53.9 Å². The Morgan fingerprint density at radius 3 is 2.14 bits per heavy atom. The van der Waals surface area contributed by atoms with Gasteiger partial charge in [-0.05, 0) is 35.4 Å². The minimum absolute atomic E-state index is 0.00309. The third kappa shape index (κ3) is 5.25. The highest BCUT2D eigenvalue weighted by Gasteiger charge is 2.26. The summed E-state index contributed by atoms with van der Waals surface area (Å²) in [6, 6.07) is 10.5. The Morgan fingerprint density at radius 1 is 1.00 bits per heavy atom. The molecule has 1 N–H and O–H groups in total. The normalized spacial score (nSPS) is 16.6. The zero-order chi connectivity index (χ0) is 20.8. The minimum Gasteiger partial charge on any atom is -0.337 e. The first-order valence-corrected chi connectivity index (χ1v) is 10.7. The summed E-state index contributed by atoms with van der Waals surface area (Å²) in [7, 11) is 0. The summed E-state index contributed by atoms with van der Waals surface area (Å²) in [6.07, 6.45) is 4.63. The van der Waals surface area contributed by atoms with Crippen molar-refractivity contribution < 1.29 is 4.79 Å². The molecule has 29 heavy (non-hydrogen) atoms. The molecule has 0 aliphatic carbocycles. The van der Waals surface area contributed by atoms with E-state index in [1.54, 1.807) is 12.4 Å². The van der Waals surface area contributed by atoms with Crippen molar-refractivity contribution >= 4 is 12.0 Å². The van der Waals surface area contributed by atoms with Gasteiger partial charge in [-0.25, -0.2) is 14.8 Å². The van der Waals surface area contributed by atoms with Crippen LogP contribution in [0.5, 0.6) is 0 Å². The van der Waals surface area contributed by atoms with Gasteiger partial charge in [0.2, 0.25) is 5.95 Å². The average Bonchev–Trinajstić information content (AvgIpc) is 2.77. The van der Waals surface area contributed by atoms with Crippen molar-refractivity contribution in [3.63, 3.8) is 0 Å². The molecule has 2 aromatic rings. The van der Waals surface area contributed by atoms with E-state index in [1.807, 2.05) is 11.0 Å². The van der Waals surface area contributed by atoms with Gasteiger partial charge in [0.15, 0.2) is 0 Å². The lowest BCUT2D eigenvalue weighted by atomic mass is 9.92. The van der Waals surface area contributed by atoms with E-state index in [0.29, 0.717) is 24.9 Å². The van der Waals surface area contributed by atoms with Gasteiger partial charge < -0.3 is 15.1 Å². The summed E-state index contributed by atoms with van der Waals surface area (Å²) in [5.41, 5.74) is 2.51. The van der Waals surface area contributed by atoms with Gasteiger partial charge in [0.05, 0.1) is 6.04 Å². The van der Waals surface area contributed by atoms with Crippen LogP contribution in [0.3, 0.4) is 0 Å². The number of piperazine rings is 1. The largest absolute Gasteiger partial charge is 0.337 e. The van der Waals surface area contributed by atoms with Crippen LogP contribution in [-0.2, 0) is 0 Å². The maximum atomic E-state index is 12.9. The van der Waals surface area contributed by atoms with E-state index in [9.17, 15) is 4.79 Å². The Hall–Kier alpha value is -2.63. The van der Waals surface area contributed by atoms with Crippen molar-refractivity contribution in [1.82, 2.24) is 20.2 Å². The second-order valence-corrected chi connectivity index (χ2v) is 8.17. The molecule has 1 aliphatic heterocycles. The Morgan fingerprint density at radius 2 is 1.59 bits per heavy atom. The van der Waals surface area contributed by atoms with Crippen LogP contribution < -0.4 is 10.2 Å². The number of nitrogens with one attached hydrogen (secondary N) is 1. The molecule has 2 atom stereocenters. The van der Waals surface area contributed by atoms with E-state index < -0.39 is 0 Å². The highest BCUT2D eigenvalue weighted by atomic mass is 16.2. The van der Waals surface area contributed by atoms with Gasteiger partial charge in [-0.1, -0.05) is 52.0 Å². The monoisotopic (exact) mass is 395 g/mol. The molecule has 2 amide bonds. The third-order valence-corrected chi connectivity index (χ3v) is 5.82. The van der Waals surface area contributed by atoms with Gasteiger partial charge in [-0.15, -0.1) is 0 Å². The number of nitrogens with zero attached hydrogens (tertiary/aromatic N) is 4. The van der Waals surface area contributed by atoms with Gasteiger partial charge in [-0.3, -0.25) is 0 Å². The molecular formula is C23H33N5O. The molecule has 6 nitrogen and oxygen atoms in total. The average molecular weight is 396 g/mol. The number of anilines is 1. The van der Waals surface area contributed by atoms with Crippen LogP contribution in [0.25, 0.3) is 0 Å². The topological polar surface area (TPSA) is 61.4 Å². The van der Waals surface area contributed by atoms with Crippen LogP contribution in [-0.4, -0.2) is 47.1 Å². The van der Waals surface area contributed by atoms with Crippen LogP contribution in [0.15, 0.2) is 42.7 Å². The first-order chi connectivity index (χ1) is 14.0. The molecule has 2 heterocycles. The molecule has 1 saturated heterocycles. The Bertz CT molecular complexity index is 770. The van der Waals surface area contributed by atoms with Crippen molar-refractivity contribution in [1.29, 1.82) is 0 Å². The lowest BCUT2D eigenvalue weighted by Crippen LogP contribution is -2.53. The number of rotatable bonds is 6. The predicted molar refractivity (Wildman–Crippen MR) is 117 cm³/mol. The number of amides is 2. The van der Waals surface area contributed by atoms with Crippen molar-refractivity contribution in [3.8, 4) is 0 Å². The van der Waals surface area contributed by atoms with Gasteiger partial charge in [0.1, 0.15) is 0 Å². The molecule has 1 aliphatic rings. The number of carbonyl (C=O) groups excluding carboxylic acids is 1. The smallest absolute Gasteiger partial charge is 0.318 e. The number of urea groups is 1. The Kier molecular flexibility index (Phi) is 7.07. The van der Waals surface area contributed by atoms with E-state index in [2.05, 4.69) is 72.1 Å². The first kappa shape index (κ1) is 21.1. The molecule has 0 spiro atoms. The van der Waals surface area contributed by atoms with E-state index in [4.69, 9.17) is 0 Å². The fourth-order valence-electron chi connectivity index (χ4n) is 3.69. The fraction of sp³-hybridized carbons (Fsp3) is 0.522. The molecule has 0 radical (unpaired) electrons. The quantitative estimate of drug-likeness (QED) is 0.795. The summed E-state index contributed by atoms with van der Waals surface area (Å²) < 4.78 is 0. The fourth-order valence-corrected chi connectivity index (χ4v) is 3.69. The number of hydrogen-bond donors (Lipinski definition) is 1. The second kappa shape index (κ2) is 9.72. The summed E-state index contributed by atoms with van der Waals surface area (Å²) in [5.74, 6) is 1.60. The van der Waals surface area contributed by atoms with Crippen molar-refractivity contribution in [2.24, 2.45) is 5.92 Å². The molecule has 0 saturated carbocycles. The number of benzene rings is 1. The molecule has 3 rings (SSSR count). The van der Waals surface area contributed by atoms with Crippen LogP contribution in [0.2, 0.25) is 0 Å². The van der Waals surface area contributed by atoms with Gasteiger partial charge in [0, 0.05) is 38.6 Å². The Balaban J connectivity index is 1.60. The van der Waals surface area contributed by atoms with Crippen LogP contribution in [0.4, 0.5) is 10.7 Å². The van der Waals surface area contributed by atoms with E-state index in [-0.39, 0.29) is 12.1 Å². The summed E-state index contributed by atoms with van der Waals surface area (Å²) in [4.78, 5) is 25.5. The standard InChI is InChI=1S/C23H33N5O/c1-5-18(4)19-7-9-20(10-8-19)21(17(2)3)26-23(29)28-15-13-27(14-16-28)22-24-11-6-12-25-22/h6-12,17-18,21H,5,13-16H2,1-4H3,(H,26,29). The molecule has 1 aromatic heterocycles. The summed E-state index contributed by atoms with van der Waals surface area (Å²) in [5, 5.41) is 3.26. The third-order valence-electron chi connectivity index (χ3n) is 5.82. The highest BCUT2D eigenvalue weighted by Crippen LogP contribution is 2.25. The van der Waals surface area contributed by atoms with Crippen molar-refractivity contribution in [2.75, 3.05) is 31.1 Å². The maximum absolute atomic E-state index is 12.9. The van der Waals surface area contributed by atoms with E-state index >= 15 is 0 Å². The van der Waals surface area contributed by atoms with Crippen molar-refractivity contribution in [2.45, 2.75) is 46.1 Å². The zero-order valence-corrected chi connectivity index (χ0v) is 18.0. The van der Waals surface area contributed by atoms with E-state index in [1.165, 1.54) is 5.56 Å². The highest BCUT2D eigenvalue weighted by molar-refractivity contribution is 5.75. The summed E-state index contributed by atoms with van der Waals surface area (Å²) in [6.45, 7) is 11.6. The minimum atomic E-state index is 0.00309. The lowest BCUT2D eigenvalue weighted by molar-refractivity contribution is 0.186. The van der Waals surface area contributed by atoms with Gasteiger partial charge in [0.25, 0.3) is 0 Å². The second-order valence-electron chi connectivity index (χ2n) is 8.17. The molecule has 1 aromatic carbocycles. The van der Waals surface area contributed by atoms with Crippen LogP contribution in [0, 0.1) is 5.92 Å². The number of carbonyl (C=O) groups is 1. The SMILES string of the molecule is CCC(C)c1ccc(C(NC(=O)N2CCN(c3ncccn3)CC2)C(C)C)cc1. The first-order valence-electron chi connectivity index (χ1n) is 10.7. The number of hydrogen-bond acceptors (Lipinski definition) is 4. The Labute approximate surface area is 174 Å². The van der Waals surface area contributed by atoms with Crippen LogP contribution >= 0.6 is 0 Å². The summed E-state index contributed by atoms with van der Waals surface area (Å²) >= 11 is 0. The molecule has 156 valence electrons. The zero-order valence-electron chi connectivity index (χ0n) is 18.0. The van der Waals surface area contributed by atoms with Crippen LogP contribution in [0.1, 0.15) is 57.2 Å². The number of aromatic nitrogens is 2. The molecule has 0 bridgehead atoms. The maximum Gasteiger partial charge on any atom is 0.318 e. The lowest BCUT2D eigenvalue weighted by Gasteiger charge is -2.36.